The van der Waals surface area contributed by atoms with E-state index in [2.05, 4.69) is 5.10 Å². The molecule has 1 atom stereocenters. The van der Waals surface area contributed by atoms with E-state index < -0.39 is 11.7 Å². The second kappa shape index (κ2) is 8.19. The number of halogens is 3. The minimum absolute atomic E-state index is 0.0417. The fourth-order valence-corrected chi connectivity index (χ4v) is 5.47. The van der Waals surface area contributed by atoms with Crippen LogP contribution in [0.5, 0.6) is 5.75 Å². The molecule has 1 aromatic carbocycles. The first-order chi connectivity index (χ1) is 15.3. The molecule has 2 aromatic heterocycles. The van der Waals surface area contributed by atoms with Crippen molar-refractivity contribution in [2.75, 3.05) is 13.2 Å². The highest BCUT2D eigenvalue weighted by Crippen LogP contribution is 2.46. The Morgan fingerprint density at radius 3 is 2.78 bits per heavy atom. The second-order valence-corrected chi connectivity index (χ2v) is 9.57. The van der Waals surface area contributed by atoms with Gasteiger partial charge in [-0.05, 0) is 37.3 Å². The Morgan fingerprint density at radius 1 is 1.28 bits per heavy atom. The van der Waals surface area contributed by atoms with Gasteiger partial charge < -0.3 is 9.47 Å². The molecule has 1 aliphatic heterocycles. The van der Waals surface area contributed by atoms with Crippen LogP contribution in [0.15, 0.2) is 29.1 Å². The van der Waals surface area contributed by atoms with Crippen LogP contribution in [0.1, 0.15) is 53.3 Å². The lowest BCUT2D eigenvalue weighted by molar-refractivity contribution is -0.137. The van der Waals surface area contributed by atoms with Gasteiger partial charge in [-0.25, -0.2) is 4.68 Å². The Kier molecular flexibility index (Phi) is 5.49. The smallest absolute Gasteiger partial charge is 0.416 e. The van der Waals surface area contributed by atoms with Gasteiger partial charge in [0.25, 0.3) is 5.56 Å². The van der Waals surface area contributed by atoms with E-state index in [1.54, 1.807) is 13.1 Å². The third kappa shape index (κ3) is 4.15. The number of aromatic nitrogens is 2. The predicted octanol–water partition coefficient (Wildman–Crippen LogP) is 5.04. The topological polar surface area (TPSA) is 53.4 Å². The summed E-state index contributed by atoms with van der Waals surface area (Å²) in [6.07, 6.45) is -0.308. The van der Waals surface area contributed by atoms with Crippen LogP contribution < -0.4 is 10.3 Å². The maximum absolute atomic E-state index is 13.2. The minimum atomic E-state index is -4.41. The summed E-state index contributed by atoms with van der Waals surface area (Å²) in [6.45, 7) is 0.999. The van der Waals surface area contributed by atoms with Crippen LogP contribution in [0.4, 0.5) is 13.2 Å². The van der Waals surface area contributed by atoms with Gasteiger partial charge >= 0.3 is 6.18 Å². The summed E-state index contributed by atoms with van der Waals surface area (Å²) in [5.41, 5.74) is 0.461. The standard InChI is InChI=1S/C23H23F3N2O3S/c1-28-22(29)18-20(31-12-16-6-3-9-30-16)17(32-21(18)19(27-28)14-7-8-14)11-13-4-2-5-15(10-13)23(24,25)26/h2,4-5,10,14,16H,3,6-9,11-12H2,1H3. The Hall–Kier alpha value is -2.39. The fraction of sp³-hybridized carbons (Fsp3) is 0.478. The zero-order valence-corrected chi connectivity index (χ0v) is 18.4. The summed E-state index contributed by atoms with van der Waals surface area (Å²) >= 11 is 1.41. The lowest BCUT2D eigenvalue weighted by Gasteiger charge is -2.13. The minimum Gasteiger partial charge on any atom is -0.489 e. The van der Waals surface area contributed by atoms with Gasteiger partial charge in [0.2, 0.25) is 0 Å². The molecule has 5 rings (SSSR count). The molecule has 5 nitrogen and oxygen atoms in total. The average Bonchev–Trinajstić information content (AvgIpc) is 3.34. The van der Waals surface area contributed by atoms with Crippen LogP contribution in [0.25, 0.3) is 10.1 Å². The number of ether oxygens (including phenoxy) is 2. The lowest BCUT2D eigenvalue weighted by Crippen LogP contribution is -2.22. The second-order valence-electron chi connectivity index (χ2n) is 8.47. The summed E-state index contributed by atoms with van der Waals surface area (Å²) in [5, 5.41) is 4.97. The number of nitrogens with zero attached hydrogens (tertiary/aromatic N) is 2. The zero-order chi connectivity index (χ0) is 22.5. The van der Waals surface area contributed by atoms with E-state index in [1.807, 2.05) is 0 Å². The number of hydrogen-bond acceptors (Lipinski definition) is 5. The summed E-state index contributed by atoms with van der Waals surface area (Å²) in [5.74, 6) is 0.776. The van der Waals surface area contributed by atoms with Gasteiger partial charge in [-0.2, -0.15) is 18.3 Å². The van der Waals surface area contributed by atoms with Crippen LogP contribution >= 0.6 is 11.3 Å². The summed E-state index contributed by atoms with van der Waals surface area (Å²) in [7, 11) is 1.63. The Balaban J connectivity index is 1.59. The maximum Gasteiger partial charge on any atom is 0.416 e. The number of fused-ring (bicyclic) bond motifs is 1. The number of benzene rings is 1. The van der Waals surface area contributed by atoms with Crippen molar-refractivity contribution in [3.05, 3.63) is 56.3 Å². The third-order valence-electron chi connectivity index (χ3n) is 5.95. The van der Waals surface area contributed by atoms with Crippen LogP contribution in [0, 0.1) is 0 Å². The van der Waals surface area contributed by atoms with Crippen molar-refractivity contribution in [3.63, 3.8) is 0 Å². The molecular weight excluding hydrogens is 441 g/mol. The molecular formula is C23H23F3N2O3S. The average molecular weight is 465 g/mol. The molecule has 1 saturated carbocycles. The van der Waals surface area contributed by atoms with Crippen LogP contribution in [0.3, 0.4) is 0 Å². The van der Waals surface area contributed by atoms with Crippen LogP contribution in [0.2, 0.25) is 0 Å². The number of rotatable bonds is 6. The van der Waals surface area contributed by atoms with E-state index in [4.69, 9.17) is 9.47 Å². The van der Waals surface area contributed by atoms with E-state index in [9.17, 15) is 18.0 Å². The number of hydrogen-bond donors (Lipinski definition) is 0. The van der Waals surface area contributed by atoms with Crippen molar-refractivity contribution in [1.82, 2.24) is 9.78 Å². The highest BCUT2D eigenvalue weighted by Gasteiger charge is 2.33. The quantitative estimate of drug-likeness (QED) is 0.513. The van der Waals surface area contributed by atoms with Gasteiger partial charge in [0, 0.05) is 26.0 Å². The SMILES string of the molecule is Cn1nc(C2CC2)c2sc(Cc3cccc(C(F)(F)F)c3)c(OCC3CCCO3)c2c1=O. The Morgan fingerprint density at radius 2 is 2.09 bits per heavy atom. The van der Waals surface area contributed by atoms with Crippen molar-refractivity contribution < 1.29 is 22.6 Å². The highest BCUT2D eigenvalue weighted by atomic mass is 32.1. The zero-order valence-electron chi connectivity index (χ0n) is 17.6. The number of aryl methyl sites for hydroxylation is 1. The molecule has 3 heterocycles. The molecule has 3 aromatic rings. The molecule has 1 unspecified atom stereocenters. The van der Waals surface area contributed by atoms with Crippen LogP contribution in [-0.2, 0) is 24.4 Å². The molecule has 2 fully saturated rings. The molecule has 0 radical (unpaired) electrons. The van der Waals surface area contributed by atoms with E-state index in [-0.39, 0.29) is 18.1 Å². The van der Waals surface area contributed by atoms with Gasteiger partial charge in [0.05, 0.1) is 26.9 Å². The van der Waals surface area contributed by atoms with Gasteiger partial charge in [-0.3, -0.25) is 4.79 Å². The van der Waals surface area contributed by atoms with Gasteiger partial charge in [-0.15, -0.1) is 11.3 Å². The molecule has 2 aliphatic rings. The Labute approximate surface area is 186 Å². The highest BCUT2D eigenvalue weighted by molar-refractivity contribution is 7.19. The Bertz CT molecular complexity index is 1210. The first kappa shape index (κ1) is 21.5. The molecule has 0 spiro atoms. The number of alkyl halides is 3. The normalized spacial score (nSPS) is 19.1. The van der Waals surface area contributed by atoms with E-state index >= 15 is 0 Å². The van der Waals surface area contributed by atoms with Crippen molar-refractivity contribution in [3.8, 4) is 5.75 Å². The summed E-state index contributed by atoms with van der Waals surface area (Å²) in [6, 6.07) is 5.30. The fourth-order valence-electron chi connectivity index (χ4n) is 4.14. The number of thiophene rings is 1. The van der Waals surface area contributed by atoms with Gasteiger partial charge in [0.15, 0.2) is 0 Å². The van der Waals surface area contributed by atoms with Crippen molar-refractivity contribution in [1.29, 1.82) is 0 Å². The molecule has 1 aliphatic carbocycles. The first-order valence-electron chi connectivity index (χ1n) is 10.7. The molecule has 0 bridgehead atoms. The van der Waals surface area contributed by atoms with Gasteiger partial charge in [0.1, 0.15) is 17.7 Å². The summed E-state index contributed by atoms with van der Waals surface area (Å²) in [4.78, 5) is 13.8. The van der Waals surface area contributed by atoms with Gasteiger partial charge in [-0.1, -0.05) is 18.2 Å². The third-order valence-corrected chi connectivity index (χ3v) is 7.14. The molecule has 9 heteroatoms. The van der Waals surface area contributed by atoms with Crippen molar-refractivity contribution in [2.45, 2.75) is 50.3 Å². The lowest BCUT2D eigenvalue weighted by atomic mass is 10.1. The van der Waals surface area contributed by atoms with Crippen molar-refractivity contribution in [2.24, 2.45) is 7.05 Å². The molecule has 170 valence electrons. The largest absolute Gasteiger partial charge is 0.489 e. The monoisotopic (exact) mass is 464 g/mol. The molecule has 0 N–H and O–H groups in total. The van der Waals surface area contributed by atoms with E-state index in [1.165, 1.54) is 22.1 Å². The summed E-state index contributed by atoms with van der Waals surface area (Å²) < 4.78 is 53.6. The predicted molar refractivity (Wildman–Crippen MR) is 116 cm³/mol. The van der Waals surface area contributed by atoms with Crippen LogP contribution in [-0.4, -0.2) is 29.1 Å². The molecule has 0 amide bonds. The van der Waals surface area contributed by atoms with Crippen molar-refractivity contribution >= 4 is 21.4 Å². The maximum atomic E-state index is 13.2. The first-order valence-corrected chi connectivity index (χ1v) is 11.6. The van der Waals surface area contributed by atoms with E-state index in [0.29, 0.717) is 35.8 Å². The molecule has 1 saturated heterocycles. The van der Waals surface area contributed by atoms with E-state index in [0.717, 1.165) is 53.1 Å². The molecule has 32 heavy (non-hydrogen) atoms.